The van der Waals surface area contributed by atoms with E-state index in [2.05, 4.69) is 20.8 Å². The van der Waals surface area contributed by atoms with Gasteiger partial charge in [0.2, 0.25) is 5.91 Å². The van der Waals surface area contributed by atoms with Crippen molar-refractivity contribution in [2.75, 3.05) is 13.1 Å². The van der Waals surface area contributed by atoms with Crippen LogP contribution in [0.2, 0.25) is 0 Å². The molecule has 1 unspecified atom stereocenters. The zero-order chi connectivity index (χ0) is 14.0. The molecule has 0 aromatic heterocycles. The summed E-state index contributed by atoms with van der Waals surface area (Å²) in [6.45, 7) is 7.93. The lowest BCUT2D eigenvalue weighted by Crippen LogP contribution is -2.32. The highest BCUT2D eigenvalue weighted by Crippen LogP contribution is 2.31. The molecule has 1 saturated heterocycles. The smallest absolute Gasteiger partial charge is 0.223 e. The topological polar surface area (TPSA) is 37.4 Å². The number of rotatable bonds is 4. The van der Waals surface area contributed by atoms with Crippen LogP contribution >= 0.6 is 0 Å². The van der Waals surface area contributed by atoms with Gasteiger partial charge < -0.3 is 4.90 Å². The summed E-state index contributed by atoms with van der Waals surface area (Å²) in [5.41, 5.74) is 0.0525. The predicted molar refractivity (Wildman–Crippen MR) is 75.7 cm³/mol. The van der Waals surface area contributed by atoms with E-state index in [1.165, 1.54) is 6.42 Å². The molecule has 2 aliphatic rings. The monoisotopic (exact) mass is 265 g/mol. The molecule has 0 aromatic rings. The molecular weight excluding hydrogens is 238 g/mol. The van der Waals surface area contributed by atoms with Crippen molar-refractivity contribution >= 4 is 11.7 Å². The molecule has 0 spiro atoms. The van der Waals surface area contributed by atoms with Gasteiger partial charge in [-0.25, -0.2) is 0 Å². The number of ketones is 1. The Morgan fingerprint density at radius 1 is 1.16 bits per heavy atom. The molecule has 0 aromatic carbocycles. The minimum atomic E-state index is 0.0525. The Morgan fingerprint density at radius 3 is 2.37 bits per heavy atom. The van der Waals surface area contributed by atoms with Gasteiger partial charge in [-0.1, -0.05) is 27.2 Å². The summed E-state index contributed by atoms with van der Waals surface area (Å²) >= 11 is 0. The van der Waals surface area contributed by atoms with Crippen molar-refractivity contribution in [3.63, 3.8) is 0 Å². The fraction of sp³-hybridized carbons (Fsp3) is 0.875. The molecule has 1 heterocycles. The predicted octanol–water partition coefficient (Wildman–Crippen LogP) is 3.03. The molecule has 1 saturated carbocycles. The number of likely N-dealkylation sites (tertiary alicyclic amines) is 1. The molecule has 1 amide bonds. The van der Waals surface area contributed by atoms with Crippen LogP contribution in [0, 0.1) is 17.3 Å². The quantitative estimate of drug-likeness (QED) is 0.783. The van der Waals surface area contributed by atoms with E-state index in [0.29, 0.717) is 30.5 Å². The van der Waals surface area contributed by atoms with Gasteiger partial charge in [-0.15, -0.1) is 0 Å². The second-order valence-corrected chi connectivity index (χ2v) is 7.53. The van der Waals surface area contributed by atoms with Crippen LogP contribution in [0.3, 0.4) is 0 Å². The molecule has 2 fully saturated rings. The first-order valence-corrected chi connectivity index (χ1v) is 7.65. The number of nitrogens with zero attached hydrogens (tertiary/aromatic N) is 1. The van der Waals surface area contributed by atoms with Crippen LogP contribution < -0.4 is 0 Å². The Morgan fingerprint density at radius 2 is 1.84 bits per heavy atom. The molecule has 0 bridgehead atoms. The Balaban J connectivity index is 1.76. The van der Waals surface area contributed by atoms with E-state index in [0.717, 1.165) is 32.4 Å². The van der Waals surface area contributed by atoms with Gasteiger partial charge in [0.1, 0.15) is 5.78 Å². The maximum absolute atomic E-state index is 12.1. The van der Waals surface area contributed by atoms with Gasteiger partial charge in [-0.3, -0.25) is 9.59 Å². The molecule has 3 nitrogen and oxygen atoms in total. The third kappa shape index (κ3) is 4.05. The van der Waals surface area contributed by atoms with Gasteiger partial charge in [0.15, 0.2) is 0 Å². The first kappa shape index (κ1) is 14.5. The molecule has 1 atom stereocenters. The summed E-state index contributed by atoms with van der Waals surface area (Å²) in [7, 11) is 0. The number of hydrogen-bond acceptors (Lipinski definition) is 2. The fourth-order valence-electron chi connectivity index (χ4n) is 2.97. The third-order valence-electron chi connectivity index (χ3n) is 4.37. The molecule has 1 aliphatic heterocycles. The van der Waals surface area contributed by atoms with Crippen molar-refractivity contribution in [3.05, 3.63) is 0 Å². The van der Waals surface area contributed by atoms with Gasteiger partial charge in [0, 0.05) is 31.8 Å². The fourth-order valence-corrected chi connectivity index (χ4v) is 2.97. The van der Waals surface area contributed by atoms with E-state index in [1.807, 2.05) is 4.90 Å². The number of hydrogen-bond donors (Lipinski definition) is 0. The largest absolute Gasteiger partial charge is 0.342 e. The summed E-state index contributed by atoms with van der Waals surface area (Å²) in [4.78, 5) is 26.1. The van der Waals surface area contributed by atoms with Crippen LogP contribution in [0.25, 0.3) is 0 Å². The summed E-state index contributed by atoms with van der Waals surface area (Å²) in [5, 5.41) is 0. The normalized spacial score (nSPS) is 24.4. The van der Waals surface area contributed by atoms with Gasteiger partial charge in [-0.2, -0.15) is 0 Å². The van der Waals surface area contributed by atoms with Gasteiger partial charge >= 0.3 is 0 Å². The SMILES string of the molecule is CC(C)(C)CC(=O)N1CCC(CC(=O)C2CCC2)C1. The molecule has 1 aliphatic carbocycles. The summed E-state index contributed by atoms with van der Waals surface area (Å²) in [6.07, 6.45) is 5.72. The molecule has 0 N–H and O–H groups in total. The molecule has 19 heavy (non-hydrogen) atoms. The highest BCUT2D eigenvalue weighted by atomic mass is 16.2. The highest BCUT2D eigenvalue weighted by molar-refractivity contribution is 5.82. The number of Topliss-reactive ketones (excluding diaryl/α,β-unsaturated/α-hetero) is 1. The molecule has 2 rings (SSSR count). The van der Waals surface area contributed by atoms with Crippen LogP contribution in [-0.2, 0) is 9.59 Å². The van der Waals surface area contributed by atoms with E-state index in [4.69, 9.17) is 0 Å². The molecule has 3 heteroatoms. The summed E-state index contributed by atoms with van der Waals surface area (Å²) < 4.78 is 0. The van der Waals surface area contributed by atoms with Crippen LogP contribution in [0.4, 0.5) is 0 Å². The van der Waals surface area contributed by atoms with Crippen LogP contribution in [0.5, 0.6) is 0 Å². The Bertz CT molecular complexity index is 352. The van der Waals surface area contributed by atoms with Gasteiger partial charge in [0.25, 0.3) is 0 Å². The van der Waals surface area contributed by atoms with Gasteiger partial charge in [-0.05, 0) is 30.6 Å². The zero-order valence-electron chi connectivity index (χ0n) is 12.6. The average Bonchev–Trinajstić information content (AvgIpc) is 2.60. The number of amides is 1. The lowest BCUT2D eigenvalue weighted by Gasteiger charge is -2.25. The first-order chi connectivity index (χ1) is 8.85. The van der Waals surface area contributed by atoms with Crippen molar-refractivity contribution in [1.29, 1.82) is 0 Å². The van der Waals surface area contributed by atoms with Crippen molar-refractivity contribution < 1.29 is 9.59 Å². The second kappa shape index (κ2) is 5.64. The Hall–Kier alpha value is -0.860. The average molecular weight is 265 g/mol. The standard InChI is InChI=1S/C16H27NO2/c1-16(2,3)10-15(19)17-8-7-12(11-17)9-14(18)13-5-4-6-13/h12-13H,4-11H2,1-3H3. The number of carbonyl (C=O) groups is 2. The van der Waals surface area contributed by atoms with E-state index in [-0.39, 0.29) is 11.3 Å². The van der Waals surface area contributed by atoms with Crippen LogP contribution in [-0.4, -0.2) is 29.7 Å². The third-order valence-corrected chi connectivity index (χ3v) is 4.37. The maximum atomic E-state index is 12.1. The molecule has 0 radical (unpaired) electrons. The zero-order valence-corrected chi connectivity index (χ0v) is 12.6. The van der Waals surface area contributed by atoms with Crippen LogP contribution in [0.1, 0.15) is 59.3 Å². The Labute approximate surface area is 116 Å². The number of carbonyl (C=O) groups excluding carboxylic acids is 2. The van der Waals surface area contributed by atoms with E-state index in [1.54, 1.807) is 0 Å². The highest BCUT2D eigenvalue weighted by Gasteiger charge is 2.32. The minimum absolute atomic E-state index is 0.0525. The summed E-state index contributed by atoms with van der Waals surface area (Å²) in [5.74, 6) is 1.46. The molecular formula is C16H27NO2. The lowest BCUT2D eigenvalue weighted by molar-refractivity contribution is -0.132. The summed E-state index contributed by atoms with van der Waals surface area (Å²) in [6, 6.07) is 0. The van der Waals surface area contributed by atoms with Crippen molar-refractivity contribution in [3.8, 4) is 0 Å². The van der Waals surface area contributed by atoms with Gasteiger partial charge in [0.05, 0.1) is 0 Å². The Kier molecular flexibility index (Phi) is 4.32. The molecule has 108 valence electrons. The van der Waals surface area contributed by atoms with E-state index >= 15 is 0 Å². The van der Waals surface area contributed by atoms with E-state index in [9.17, 15) is 9.59 Å². The van der Waals surface area contributed by atoms with Crippen molar-refractivity contribution in [1.82, 2.24) is 4.90 Å². The first-order valence-electron chi connectivity index (χ1n) is 7.65. The van der Waals surface area contributed by atoms with Crippen molar-refractivity contribution in [2.24, 2.45) is 17.3 Å². The lowest BCUT2D eigenvalue weighted by atomic mass is 9.79. The van der Waals surface area contributed by atoms with Crippen molar-refractivity contribution in [2.45, 2.75) is 59.3 Å². The van der Waals surface area contributed by atoms with Crippen LogP contribution in [0.15, 0.2) is 0 Å². The second-order valence-electron chi connectivity index (χ2n) is 7.53. The van der Waals surface area contributed by atoms with E-state index < -0.39 is 0 Å². The maximum Gasteiger partial charge on any atom is 0.223 e. The minimum Gasteiger partial charge on any atom is -0.342 e.